The number of hydrogen-bond acceptors (Lipinski definition) is 3. The van der Waals surface area contributed by atoms with E-state index in [9.17, 15) is 13.2 Å². The highest BCUT2D eigenvalue weighted by atomic mass is 35.5. The van der Waals surface area contributed by atoms with Gasteiger partial charge >= 0.3 is 6.03 Å². The molecular weight excluding hydrogens is 420 g/mol. The van der Waals surface area contributed by atoms with Crippen LogP contribution in [0.2, 0.25) is 5.02 Å². The summed E-state index contributed by atoms with van der Waals surface area (Å²) in [5.41, 5.74) is 0. The number of hydrogen-bond donors (Lipinski definition) is 0. The highest BCUT2D eigenvalue weighted by Crippen LogP contribution is 2.19. The van der Waals surface area contributed by atoms with Gasteiger partial charge < -0.3 is 4.90 Å². The normalized spacial score (nSPS) is 11.5. The molecule has 0 aliphatic rings. The maximum Gasteiger partial charge on any atom is 0.333 e. The smallest absolute Gasteiger partial charge is 0.324 e. The lowest BCUT2D eigenvalue weighted by atomic mass is 10.1. The highest BCUT2D eigenvalue weighted by Gasteiger charge is 2.28. The number of amides is 2. The molecule has 0 aromatic heterocycles. The lowest BCUT2D eigenvalue weighted by Gasteiger charge is -2.27. The fourth-order valence-corrected chi connectivity index (χ4v) is 4.67. The molecule has 0 atom stereocenters. The van der Waals surface area contributed by atoms with Crippen LogP contribution in [-0.2, 0) is 10.0 Å². The van der Waals surface area contributed by atoms with Crippen molar-refractivity contribution in [3.05, 3.63) is 29.3 Å². The molecule has 2 amide bonds. The molecular formula is C23H39ClN2O3S. The molecule has 0 saturated heterocycles. The number of nitrogens with zero attached hydrogens (tertiary/aromatic N) is 2. The van der Waals surface area contributed by atoms with Crippen molar-refractivity contribution in [1.29, 1.82) is 0 Å². The van der Waals surface area contributed by atoms with Crippen molar-refractivity contribution in [3.8, 4) is 0 Å². The zero-order valence-electron chi connectivity index (χ0n) is 18.9. The van der Waals surface area contributed by atoms with Crippen LogP contribution in [0.3, 0.4) is 0 Å². The Balaban J connectivity index is 2.47. The van der Waals surface area contributed by atoms with Gasteiger partial charge in [-0.15, -0.1) is 0 Å². The van der Waals surface area contributed by atoms with E-state index in [-0.39, 0.29) is 4.90 Å². The van der Waals surface area contributed by atoms with Crippen LogP contribution >= 0.6 is 11.6 Å². The summed E-state index contributed by atoms with van der Waals surface area (Å²) < 4.78 is 26.4. The third-order valence-electron chi connectivity index (χ3n) is 5.29. The van der Waals surface area contributed by atoms with Crippen molar-refractivity contribution in [3.63, 3.8) is 0 Å². The van der Waals surface area contributed by atoms with E-state index >= 15 is 0 Å². The number of benzene rings is 1. The summed E-state index contributed by atoms with van der Waals surface area (Å²) in [5.74, 6) is 0. The van der Waals surface area contributed by atoms with E-state index in [1.165, 1.54) is 82.7 Å². The van der Waals surface area contributed by atoms with Gasteiger partial charge in [0.2, 0.25) is 0 Å². The van der Waals surface area contributed by atoms with Gasteiger partial charge in [-0.05, 0) is 37.1 Å². The van der Waals surface area contributed by atoms with Gasteiger partial charge in [-0.25, -0.2) is 17.5 Å². The highest BCUT2D eigenvalue weighted by molar-refractivity contribution is 7.89. The van der Waals surface area contributed by atoms with E-state index in [4.69, 9.17) is 11.6 Å². The predicted octanol–water partition coefficient (Wildman–Crippen LogP) is 6.71. The lowest BCUT2D eigenvalue weighted by Crippen LogP contribution is -2.44. The molecule has 0 aliphatic heterocycles. The fourth-order valence-electron chi connectivity index (χ4n) is 3.43. The van der Waals surface area contributed by atoms with Gasteiger partial charge in [0.25, 0.3) is 10.0 Å². The first kappa shape index (κ1) is 26.8. The summed E-state index contributed by atoms with van der Waals surface area (Å²) >= 11 is 5.84. The van der Waals surface area contributed by atoms with Crippen LogP contribution in [0.1, 0.15) is 84.5 Å². The van der Waals surface area contributed by atoms with E-state index < -0.39 is 16.1 Å². The van der Waals surface area contributed by atoms with Crippen molar-refractivity contribution < 1.29 is 13.2 Å². The summed E-state index contributed by atoms with van der Waals surface area (Å²) in [5, 5.41) is 0.455. The van der Waals surface area contributed by atoms with Gasteiger partial charge in [0.1, 0.15) is 0 Å². The first-order valence-electron chi connectivity index (χ1n) is 11.4. The van der Waals surface area contributed by atoms with E-state index in [0.717, 1.165) is 23.6 Å². The third-order valence-corrected chi connectivity index (χ3v) is 7.28. The number of urea groups is 1. The van der Waals surface area contributed by atoms with Crippen LogP contribution in [0.25, 0.3) is 0 Å². The second kappa shape index (κ2) is 14.7. The van der Waals surface area contributed by atoms with Crippen LogP contribution in [0.5, 0.6) is 0 Å². The zero-order chi connectivity index (χ0) is 22.4. The molecule has 0 aliphatic carbocycles. The van der Waals surface area contributed by atoms with E-state index in [1.54, 1.807) is 4.90 Å². The molecule has 1 aromatic carbocycles. The Morgan fingerprint density at radius 1 is 0.800 bits per heavy atom. The molecule has 30 heavy (non-hydrogen) atoms. The van der Waals surface area contributed by atoms with Crippen molar-refractivity contribution in [2.24, 2.45) is 0 Å². The molecule has 5 nitrogen and oxygen atoms in total. The average molecular weight is 459 g/mol. The van der Waals surface area contributed by atoms with E-state index in [2.05, 4.69) is 6.92 Å². The molecule has 1 aromatic rings. The largest absolute Gasteiger partial charge is 0.333 e. The van der Waals surface area contributed by atoms with Gasteiger partial charge in [0.05, 0.1) is 4.90 Å². The Morgan fingerprint density at radius 2 is 1.30 bits per heavy atom. The lowest BCUT2D eigenvalue weighted by molar-refractivity contribution is 0.181. The molecule has 0 spiro atoms. The first-order valence-corrected chi connectivity index (χ1v) is 13.2. The summed E-state index contributed by atoms with van der Waals surface area (Å²) in [6.07, 6.45) is 13.0. The minimum Gasteiger partial charge on any atom is -0.324 e. The second-order valence-corrected chi connectivity index (χ2v) is 10.3. The standard InChI is InChI=1S/C23H39ClN2O3S/c1-4-6-7-8-9-10-11-12-13-14-20-26(19-5-2)23(27)25(3)30(28,29)22-17-15-21(24)16-18-22/h15-18H,4-14,19-20H2,1-3H3. The number of sulfonamides is 1. The summed E-state index contributed by atoms with van der Waals surface area (Å²) in [7, 11) is -2.56. The molecule has 7 heteroatoms. The molecule has 0 saturated carbocycles. The van der Waals surface area contributed by atoms with Gasteiger partial charge in [0.15, 0.2) is 0 Å². The second-order valence-electron chi connectivity index (χ2n) is 7.88. The van der Waals surface area contributed by atoms with Gasteiger partial charge in [-0.2, -0.15) is 0 Å². The zero-order valence-corrected chi connectivity index (χ0v) is 20.5. The molecule has 0 heterocycles. The van der Waals surface area contributed by atoms with Crippen LogP contribution in [0.4, 0.5) is 4.79 Å². The van der Waals surface area contributed by atoms with Gasteiger partial charge in [-0.1, -0.05) is 83.2 Å². The quantitative estimate of drug-likeness (QED) is 0.274. The molecule has 0 N–H and O–H groups in total. The van der Waals surface area contributed by atoms with Crippen LogP contribution in [-0.4, -0.2) is 43.8 Å². The Bertz CT molecular complexity index is 708. The maximum atomic E-state index is 12.9. The van der Waals surface area contributed by atoms with Crippen molar-refractivity contribution in [2.75, 3.05) is 20.1 Å². The predicted molar refractivity (Wildman–Crippen MR) is 126 cm³/mol. The topological polar surface area (TPSA) is 57.7 Å². The summed E-state index contributed by atoms with van der Waals surface area (Å²) in [6.45, 7) is 5.37. The minimum atomic E-state index is -3.89. The summed E-state index contributed by atoms with van der Waals surface area (Å²) in [4.78, 5) is 14.6. The summed E-state index contributed by atoms with van der Waals surface area (Å²) in [6, 6.07) is 5.41. The first-order chi connectivity index (χ1) is 14.3. The molecule has 0 unspecified atom stereocenters. The molecule has 172 valence electrons. The number of carbonyl (C=O) groups is 1. The molecule has 0 bridgehead atoms. The fraction of sp³-hybridized carbons (Fsp3) is 0.696. The minimum absolute atomic E-state index is 0.0677. The van der Waals surface area contributed by atoms with Crippen LogP contribution < -0.4 is 0 Å². The third kappa shape index (κ3) is 9.25. The average Bonchev–Trinajstić information content (AvgIpc) is 2.73. The number of rotatable bonds is 15. The SMILES string of the molecule is CCCCCCCCCCCCN(CCC)C(=O)N(C)S(=O)(=O)c1ccc(Cl)cc1. The Labute approximate surface area is 188 Å². The maximum absolute atomic E-state index is 12.9. The van der Waals surface area contributed by atoms with Crippen molar-refractivity contribution in [2.45, 2.75) is 89.4 Å². The van der Waals surface area contributed by atoms with Crippen molar-refractivity contribution in [1.82, 2.24) is 9.21 Å². The molecule has 0 fully saturated rings. The Morgan fingerprint density at radius 3 is 1.80 bits per heavy atom. The van der Waals surface area contributed by atoms with Gasteiger partial charge in [-0.3, -0.25) is 0 Å². The van der Waals surface area contributed by atoms with Crippen LogP contribution in [0.15, 0.2) is 29.2 Å². The van der Waals surface area contributed by atoms with Crippen molar-refractivity contribution >= 4 is 27.7 Å². The Hall–Kier alpha value is -1.27. The monoisotopic (exact) mass is 458 g/mol. The van der Waals surface area contributed by atoms with E-state index in [1.807, 2.05) is 6.92 Å². The van der Waals surface area contributed by atoms with Gasteiger partial charge in [0, 0.05) is 25.2 Å². The van der Waals surface area contributed by atoms with E-state index in [0.29, 0.717) is 18.1 Å². The Kier molecular flexibility index (Phi) is 13.1. The number of halogens is 1. The molecule has 0 radical (unpaired) electrons. The van der Waals surface area contributed by atoms with Crippen LogP contribution in [0, 0.1) is 0 Å². The molecule has 1 rings (SSSR count). The number of unbranched alkanes of at least 4 members (excludes halogenated alkanes) is 9. The number of carbonyl (C=O) groups excluding carboxylic acids is 1.